The van der Waals surface area contributed by atoms with Crippen LogP contribution in [0.25, 0.3) is 0 Å². The van der Waals surface area contributed by atoms with Crippen molar-refractivity contribution < 1.29 is 39.0 Å². The Hall–Kier alpha value is 0.480. The van der Waals surface area contributed by atoms with Gasteiger partial charge in [0.05, 0.1) is 6.61 Å². The second kappa shape index (κ2) is 9.48. The van der Waals surface area contributed by atoms with Gasteiger partial charge in [0.1, 0.15) is 0 Å². The standard InChI is InChI=1S/C7H11O2.Na/c1-4-6-9-7(3)8-5-2;/h7H,5-6H2,2-3H3;/q-1;+1. The molecule has 3 heteroatoms. The molecule has 0 saturated heterocycles. The van der Waals surface area contributed by atoms with E-state index in [0.29, 0.717) is 6.61 Å². The molecule has 2 nitrogen and oxygen atoms in total. The first-order chi connectivity index (χ1) is 4.31. The maximum Gasteiger partial charge on any atom is 1.00 e. The van der Waals surface area contributed by atoms with Gasteiger partial charge in [-0.15, -0.1) is 0 Å². The quantitative estimate of drug-likeness (QED) is 0.199. The van der Waals surface area contributed by atoms with Crippen LogP contribution >= 0.6 is 0 Å². The minimum Gasteiger partial charge on any atom is -0.691 e. The van der Waals surface area contributed by atoms with Crippen molar-refractivity contribution >= 4 is 0 Å². The van der Waals surface area contributed by atoms with E-state index in [-0.39, 0.29) is 42.5 Å². The Bertz CT molecular complexity index is 98.3. The Labute approximate surface area is 84.6 Å². The molecule has 10 heavy (non-hydrogen) atoms. The van der Waals surface area contributed by atoms with Gasteiger partial charge in [0.15, 0.2) is 6.29 Å². The van der Waals surface area contributed by atoms with Crippen molar-refractivity contribution in [2.45, 2.75) is 20.1 Å². The molecule has 0 N–H and O–H groups in total. The van der Waals surface area contributed by atoms with E-state index < -0.39 is 0 Å². The van der Waals surface area contributed by atoms with Crippen molar-refractivity contribution in [2.75, 3.05) is 13.2 Å². The van der Waals surface area contributed by atoms with Crippen LogP contribution in [-0.2, 0) is 9.47 Å². The van der Waals surface area contributed by atoms with Gasteiger partial charge in [0.25, 0.3) is 0 Å². The fourth-order valence-corrected chi connectivity index (χ4v) is 0.442. The van der Waals surface area contributed by atoms with Crippen molar-refractivity contribution in [3.05, 3.63) is 6.42 Å². The van der Waals surface area contributed by atoms with E-state index in [1.807, 2.05) is 6.92 Å². The SMILES string of the molecule is [C-]#CCOC(C)OCC.[Na+]. The summed E-state index contributed by atoms with van der Waals surface area (Å²) in [5, 5.41) is 0. The Kier molecular flexibility index (Phi) is 12.4. The average Bonchev–Trinajstić information content (AvgIpc) is 1.85. The summed E-state index contributed by atoms with van der Waals surface area (Å²) in [7, 11) is 0. The van der Waals surface area contributed by atoms with Gasteiger partial charge < -0.3 is 21.8 Å². The number of ether oxygens (including phenoxy) is 2. The summed E-state index contributed by atoms with van der Waals surface area (Å²) in [5.41, 5.74) is 0. The maximum absolute atomic E-state index is 6.50. The van der Waals surface area contributed by atoms with E-state index in [9.17, 15) is 0 Å². The number of hydrogen-bond acceptors (Lipinski definition) is 2. The summed E-state index contributed by atoms with van der Waals surface area (Å²) < 4.78 is 9.91. The minimum absolute atomic E-state index is 0. The van der Waals surface area contributed by atoms with Crippen LogP contribution in [-0.4, -0.2) is 19.5 Å². The molecule has 0 bridgehead atoms. The van der Waals surface area contributed by atoms with Gasteiger partial charge in [0.2, 0.25) is 0 Å². The Morgan fingerprint density at radius 1 is 1.50 bits per heavy atom. The molecule has 0 heterocycles. The second-order valence-electron chi connectivity index (χ2n) is 1.51. The summed E-state index contributed by atoms with van der Waals surface area (Å²) in [6, 6.07) is 0. The third kappa shape index (κ3) is 8.48. The van der Waals surface area contributed by atoms with Gasteiger partial charge in [-0.3, -0.25) is 0 Å². The zero-order valence-electron chi connectivity index (χ0n) is 6.81. The van der Waals surface area contributed by atoms with Gasteiger partial charge in [-0.05, 0) is 13.8 Å². The number of rotatable bonds is 4. The van der Waals surface area contributed by atoms with Crippen LogP contribution in [0.2, 0.25) is 0 Å². The summed E-state index contributed by atoms with van der Waals surface area (Å²) in [6.45, 7) is 4.54. The molecule has 0 saturated carbocycles. The smallest absolute Gasteiger partial charge is 0.691 e. The van der Waals surface area contributed by atoms with Crippen molar-refractivity contribution in [1.29, 1.82) is 0 Å². The molecule has 0 rings (SSSR count). The molecular weight excluding hydrogens is 139 g/mol. The molecule has 0 amide bonds. The third-order valence-electron chi connectivity index (χ3n) is 0.792. The van der Waals surface area contributed by atoms with Gasteiger partial charge >= 0.3 is 29.6 Å². The Balaban J connectivity index is 0. The molecule has 0 fully saturated rings. The largest absolute Gasteiger partial charge is 1.00 e. The van der Waals surface area contributed by atoms with Crippen molar-refractivity contribution in [2.24, 2.45) is 0 Å². The van der Waals surface area contributed by atoms with E-state index in [2.05, 4.69) is 5.92 Å². The maximum atomic E-state index is 6.50. The van der Waals surface area contributed by atoms with Gasteiger partial charge in [-0.2, -0.15) is 0 Å². The molecule has 0 spiro atoms. The molecule has 0 aromatic heterocycles. The fraction of sp³-hybridized carbons (Fsp3) is 0.714. The molecule has 0 aromatic rings. The van der Waals surface area contributed by atoms with Crippen LogP contribution < -0.4 is 29.6 Å². The zero-order chi connectivity index (χ0) is 7.11. The van der Waals surface area contributed by atoms with Crippen molar-refractivity contribution in [1.82, 2.24) is 0 Å². The molecule has 1 unspecified atom stereocenters. The van der Waals surface area contributed by atoms with Gasteiger partial charge in [-0.25, -0.2) is 0 Å². The minimum atomic E-state index is -0.215. The molecule has 0 aliphatic heterocycles. The second-order valence-corrected chi connectivity index (χ2v) is 1.51. The van der Waals surface area contributed by atoms with Crippen LogP contribution in [0.1, 0.15) is 13.8 Å². The van der Waals surface area contributed by atoms with E-state index in [1.165, 1.54) is 0 Å². The summed E-state index contributed by atoms with van der Waals surface area (Å²) in [5.74, 6) is 2.10. The Morgan fingerprint density at radius 3 is 2.50 bits per heavy atom. The summed E-state index contributed by atoms with van der Waals surface area (Å²) >= 11 is 0. The van der Waals surface area contributed by atoms with E-state index in [4.69, 9.17) is 15.9 Å². The molecule has 0 aliphatic rings. The molecule has 0 aromatic carbocycles. The normalized spacial score (nSPS) is 11.3. The van der Waals surface area contributed by atoms with Crippen molar-refractivity contribution in [3.8, 4) is 5.92 Å². The van der Waals surface area contributed by atoms with Gasteiger partial charge in [0, 0.05) is 6.61 Å². The number of hydrogen-bond donors (Lipinski definition) is 0. The molecular formula is C7H11NaO2. The fourth-order valence-electron chi connectivity index (χ4n) is 0.442. The first-order valence-electron chi connectivity index (χ1n) is 2.94. The first-order valence-corrected chi connectivity index (χ1v) is 2.94. The van der Waals surface area contributed by atoms with E-state index >= 15 is 0 Å². The van der Waals surface area contributed by atoms with Crippen LogP contribution in [0.3, 0.4) is 0 Å². The van der Waals surface area contributed by atoms with Crippen molar-refractivity contribution in [3.63, 3.8) is 0 Å². The van der Waals surface area contributed by atoms with Crippen LogP contribution in [0.15, 0.2) is 0 Å². The average molecular weight is 150 g/mol. The molecule has 1 atom stereocenters. The zero-order valence-corrected chi connectivity index (χ0v) is 8.81. The van der Waals surface area contributed by atoms with E-state index in [0.717, 1.165) is 0 Å². The van der Waals surface area contributed by atoms with E-state index in [1.54, 1.807) is 6.92 Å². The topological polar surface area (TPSA) is 18.5 Å². The third-order valence-corrected chi connectivity index (χ3v) is 0.792. The summed E-state index contributed by atoms with van der Waals surface area (Å²) in [4.78, 5) is 0. The summed E-state index contributed by atoms with van der Waals surface area (Å²) in [6.07, 6.45) is 6.28. The Morgan fingerprint density at radius 2 is 2.10 bits per heavy atom. The monoisotopic (exact) mass is 150 g/mol. The first kappa shape index (κ1) is 13.1. The molecule has 0 radical (unpaired) electrons. The predicted molar refractivity (Wildman–Crippen MR) is 34.2 cm³/mol. The molecule has 0 aliphatic carbocycles. The molecule has 52 valence electrons. The van der Waals surface area contributed by atoms with Crippen LogP contribution in [0.4, 0.5) is 0 Å². The van der Waals surface area contributed by atoms with Crippen LogP contribution in [0, 0.1) is 12.3 Å². The van der Waals surface area contributed by atoms with Gasteiger partial charge in [-0.1, -0.05) is 0 Å². The predicted octanol–water partition coefficient (Wildman–Crippen LogP) is -2.02. The van der Waals surface area contributed by atoms with Crippen LogP contribution in [0.5, 0.6) is 0 Å².